The van der Waals surface area contributed by atoms with Crippen LogP contribution in [0, 0.1) is 6.92 Å². The third-order valence-corrected chi connectivity index (χ3v) is 4.75. The molecule has 2 heterocycles. The number of rotatable bonds is 6. The summed E-state index contributed by atoms with van der Waals surface area (Å²) in [6.45, 7) is 1.80. The van der Waals surface area contributed by atoms with Gasteiger partial charge in [-0.15, -0.1) is 22.0 Å². The Morgan fingerprint density at radius 3 is 2.83 bits per heavy atom. The molecule has 126 valence electrons. The predicted molar refractivity (Wildman–Crippen MR) is 87.9 cm³/mol. The van der Waals surface area contributed by atoms with Crippen molar-refractivity contribution in [1.82, 2.24) is 26.1 Å². The molecule has 0 spiro atoms. The molecule has 1 aliphatic rings. The monoisotopic (exact) mass is 358 g/mol. The molecule has 3 amide bonds. The lowest BCUT2D eigenvalue weighted by molar-refractivity contribution is -0.125. The van der Waals surface area contributed by atoms with Gasteiger partial charge in [-0.25, -0.2) is 0 Å². The first-order chi connectivity index (χ1) is 11.0. The van der Waals surface area contributed by atoms with E-state index in [0.29, 0.717) is 5.13 Å². The third kappa shape index (κ3) is 5.77. The molecule has 2 rings (SSSR count). The number of aryl methyl sites for hydroxylation is 1. The highest BCUT2D eigenvalue weighted by molar-refractivity contribution is 8.00. The normalized spacial score (nSPS) is 20.7. The standard InChI is InChI=1S/C12H18N6O3S2/c1-6-17-18-12(23-6)16-10(21)5-22-11-14-7(3-8(19)13-2)4-9(20)15-11/h7,11,14H,3-5H2,1-2H3,(H,13,19)(H,15,20)(H,16,18,21). The average Bonchev–Trinajstić information content (AvgIpc) is 2.89. The van der Waals surface area contributed by atoms with Crippen LogP contribution >= 0.6 is 23.1 Å². The van der Waals surface area contributed by atoms with Crippen molar-refractivity contribution in [1.29, 1.82) is 0 Å². The van der Waals surface area contributed by atoms with E-state index >= 15 is 0 Å². The van der Waals surface area contributed by atoms with Gasteiger partial charge in [-0.2, -0.15) is 0 Å². The molecule has 9 nitrogen and oxygen atoms in total. The summed E-state index contributed by atoms with van der Waals surface area (Å²) in [6.07, 6.45) is 0.456. The minimum absolute atomic E-state index is 0.134. The summed E-state index contributed by atoms with van der Waals surface area (Å²) in [7, 11) is 1.55. The Morgan fingerprint density at radius 1 is 1.39 bits per heavy atom. The molecule has 0 bridgehead atoms. The minimum Gasteiger partial charge on any atom is -0.359 e. The highest BCUT2D eigenvalue weighted by atomic mass is 32.2. The van der Waals surface area contributed by atoms with Crippen LogP contribution in [0.25, 0.3) is 0 Å². The van der Waals surface area contributed by atoms with E-state index in [1.165, 1.54) is 23.1 Å². The van der Waals surface area contributed by atoms with Crippen molar-refractivity contribution < 1.29 is 14.4 Å². The second-order valence-corrected chi connectivity index (χ2v) is 7.15. The van der Waals surface area contributed by atoms with Crippen molar-refractivity contribution in [3.8, 4) is 0 Å². The van der Waals surface area contributed by atoms with Crippen LogP contribution < -0.4 is 21.3 Å². The Kier molecular flexibility index (Phi) is 6.30. The lowest BCUT2D eigenvalue weighted by Gasteiger charge is -2.30. The molecule has 1 fully saturated rings. The fourth-order valence-electron chi connectivity index (χ4n) is 1.95. The Labute approximate surface area is 141 Å². The molecule has 1 aromatic heterocycles. The smallest absolute Gasteiger partial charge is 0.236 e. The molecule has 0 aliphatic carbocycles. The molecule has 2 atom stereocenters. The Balaban J connectivity index is 1.78. The summed E-state index contributed by atoms with van der Waals surface area (Å²) in [4.78, 5) is 34.9. The number of aromatic nitrogens is 2. The van der Waals surface area contributed by atoms with Gasteiger partial charge in [-0.05, 0) is 6.92 Å². The molecule has 1 aromatic rings. The molecule has 2 unspecified atom stereocenters. The van der Waals surface area contributed by atoms with E-state index in [-0.39, 0.29) is 42.4 Å². The summed E-state index contributed by atoms with van der Waals surface area (Å²) in [5.41, 5.74) is -0.409. The van der Waals surface area contributed by atoms with E-state index in [4.69, 9.17) is 0 Å². The average molecular weight is 358 g/mol. The van der Waals surface area contributed by atoms with Crippen LogP contribution in [0.15, 0.2) is 0 Å². The molecule has 11 heteroatoms. The second-order valence-electron chi connectivity index (χ2n) is 4.88. The molecule has 1 saturated heterocycles. The maximum atomic E-state index is 11.9. The van der Waals surface area contributed by atoms with Crippen molar-refractivity contribution in [3.63, 3.8) is 0 Å². The van der Waals surface area contributed by atoms with Gasteiger partial charge in [0.2, 0.25) is 22.9 Å². The number of carbonyl (C=O) groups is 3. The SMILES string of the molecule is CNC(=O)CC1CC(=O)NC(SCC(=O)Nc2nnc(C)s2)N1. The number of amides is 3. The fraction of sp³-hybridized carbons (Fsp3) is 0.583. The van der Waals surface area contributed by atoms with E-state index in [1.807, 2.05) is 0 Å². The highest BCUT2D eigenvalue weighted by Gasteiger charge is 2.27. The Morgan fingerprint density at radius 2 is 2.17 bits per heavy atom. The van der Waals surface area contributed by atoms with Crippen LogP contribution in [-0.4, -0.2) is 52.3 Å². The third-order valence-electron chi connectivity index (χ3n) is 2.98. The van der Waals surface area contributed by atoms with Crippen molar-refractivity contribution in [2.45, 2.75) is 31.3 Å². The van der Waals surface area contributed by atoms with E-state index in [0.717, 1.165) is 5.01 Å². The molecule has 0 saturated carbocycles. The van der Waals surface area contributed by atoms with Crippen LogP contribution in [0.1, 0.15) is 17.8 Å². The number of anilines is 1. The van der Waals surface area contributed by atoms with Gasteiger partial charge in [0.25, 0.3) is 0 Å². The van der Waals surface area contributed by atoms with Gasteiger partial charge in [0, 0.05) is 25.9 Å². The van der Waals surface area contributed by atoms with E-state index in [2.05, 4.69) is 31.5 Å². The molecule has 1 aliphatic heterocycles. The molecular weight excluding hydrogens is 340 g/mol. The maximum absolute atomic E-state index is 11.9. The quantitative estimate of drug-likeness (QED) is 0.536. The van der Waals surface area contributed by atoms with Gasteiger partial charge in [0.1, 0.15) is 10.5 Å². The lowest BCUT2D eigenvalue weighted by Crippen LogP contribution is -2.55. The van der Waals surface area contributed by atoms with Gasteiger partial charge < -0.3 is 10.6 Å². The van der Waals surface area contributed by atoms with Gasteiger partial charge >= 0.3 is 0 Å². The summed E-state index contributed by atoms with van der Waals surface area (Å²) in [6, 6.07) is -0.241. The summed E-state index contributed by atoms with van der Waals surface area (Å²) < 4.78 is 0. The maximum Gasteiger partial charge on any atom is 0.236 e. The van der Waals surface area contributed by atoms with Crippen molar-refractivity contribution in [2.75, 3.05) is 18.1 Å². The number of nitrogens with zero attached hydrogens (tertiary/aromatic N) is 2. The molecular formula is C12H18N6O3S2. The Bertz CT molecular complexity index is 593. The minimum atomic E-state index is -0.409. The Hall–Kier alpha value is -1.72. The van der Waals surface area contributed by atoms with Crippen LogP contribution in [0.3, 0.4) is 0 Å². The number of carbonyl (C=O) groups excluding carboxylic acids is 3. The van der Waals surface area contributed by atoms with Crippen molar-refractivity contribution >= 4 is 46.0 Å². The highest BCUT2D eigenvalue weighted by Crippen LogP contribution is 2.16. The topological polar surface area (TPSA) is 125 Å². The zero-order chi connectivity index (χ0) is 16.8. The zero-order valence-corrected chi connectivity index (χ0v) is 14.3. The lowest BCUT2D eigenvalue weighted by atomic mass is 10.1. The van der Waals surface area contributed by atoms with Crippen molar-refractivity contribution in [2.24, 2.45) is 0 Å². The summed E-state index contributed by atoms with van der Waals surface area (Å²) in [5, 5.41) is 19.9. The predicted octanol–water partition coefficient (Wildman–Crippen LogP) is -0.584. The summed E-state index contributed by atoms with van der Waals surface area (Å²) in [5.74, 6) is -0.361. The van der Waals surface area contributed by atoms with Crippen LogP contribution in [-0.2, 0) is 14.4 Å². The summed E-state index contributed by atoms with van der Waals surface area (Å²) >= 11 is 2.54. The molecule has 23 heavy (non-hydrogen) atoms. The number of hydrogen-bond acceptors (Lipinski definition) is 8. The van der Waals surface area contributed by atoms with Crippen LogP contribution in [0.2, 0.25) is 0 Å². The first-order valence-corrected chi connectivity index (χ1v) is 8.80. The van der Waals surface area contributed by atoms with Gasteiger partial charge in [-0.1, -0.05) is 11.3 Å². The van der Waals surface area contributed by atoms with Crippen LogP contribution in [0.4, 0.5) is 5.13 Å². The molecule has 0 radical (unpaired) electrons. The van der Waals surface area contributed by atoms with Crippen LogP contribution in [0.5, 0.6) is 0 Å². The largest absolute Gasteiger partial charge is 0.359 e. The van der Waals surface area contributed by atoms with E-state index in [1.54, 1.807) is 14.0 Å². The second kappa shape index (κ2) is 8.22. The molecule has 0 aromatic carbocycles. The van der Waals surface area contributed by atoms with Gasteiger partial charge in [0.15, 0.2) is 0 Å². The molecule has 4 N–H and O–H groups in total. The van der Waals surface area contributed by atoms with Gasteiger partial charge in [-0.3, -0.25) is 25.0 Å². The van der Waals surface area contributed by atoms with Crippen molar-refractivity contribution in [3.05, 3.63) is 5.01 Å². The first-order valence-electron chi connectivity index (χ1n) is 6.94. The fourth-order valence-corrected chi connectivity index (χ4v) is 3.45. The van der Waals surface area contributed by atoms with E-state index < -0.39 is 5.50 Å². The number of nitrogens with one attached hydrogen (secondary N) is 4. The van der Waals surface area contributed by atoms with E-state index in [9.17, 15) is 14.4 Å². The first kappa shape index (κ1) is 17.6. The zero-order valence-electron chi connectivity index (χ0n) is 12.7. The number of thioether (sulfide) groups is 1. The number of hydrogen-bond donors (Lipinski definition) is 4. The van der Waals surface area contributed by atoms with Gasteiger partial charge in [0.05, 0.1) is 5.75 Å².